The first-order valence-corrected chi connectivity index (χ1v) is 5.86. The summed E-state index contributed by atoms with van der Waals surface area (Å²) < 4.78 is 0. The van der Waals surface area contributed by atoms with Crippen LogP contribution in [-0.2, 0) is 0 Å². The molecule has 0 N–H and O–H groups in total. The molecule has 0 amide bonds. The van der Waals surface area contributed by atoms with Gasteiger partial charge in [0.1, 0.15) is 5.01 Å². The van der Waals surface area contributed by atoms with E-state index in [1.807, 2.05) is 44.2 Å². The Bertz CT molecular complexity index is 494. The molecule has 2 nitrogen and oxygen atoms in total. The average Bonchev–Trinajstić information content (AvgIpc) is 2.59. The Labute approximate surface area is 98.9 Å². The van der Waals surface area contributed by atoms with Gasteiger partial charge in [0.25, 0.3) is 0 Å². The standard InChI is InChI=1S/C13H13NOS/c1-9-10(2)16-13(14-9)8-12(15)11-6-4-3-5-7-11/h3-8,15H,1-2H3/p-1/b12-8-. The number of aryl methyl sites for hydroxylation is 2. The van der Waals surface area contributed by atoms with E-state index in [1.54, 1.807) is 17.4 Å². The molecule has 16 heavy (non-hydrogen) atoms. The third kappa shape index (κ3) is 2.31. The number of thiazole rings is 1. The van der Waals surface area contributed by atoms with E-state index in [9.17, 15) is 5.11 Å². The van der Waals surface area contributed by atoms with Gasteiger partial charge in [0, 0.05) is 4.88 Å². The molecule has 0 saturated carbocycles. The average molecular weight is 230 g/mol. The quantitative estimate of drug-likeness (QED) is 0.743. The number of aromatic nitrogens is 1. The third-order valence-electron chi connectivity index (χ3n) is 2.36. The molecule has 0 fully saturated rings. The molecule has 0 aliphatic heterocycles. The summed E-state index contributed by atoms with van der Waals surface area (Å²) in [5, 5.41) is 12.6. The van der Waals surface area contributed by atoms with E-state index in [2.05, 4.69) is 4.98 Å². The van der Waals surface area contributed by atoms with Crippen molar-refractivity contribution in [3.63, 3.8) is 0 Å². The monoisotopic (exact) mass is 230 g/mol. The van der Waals surface area contributed by atoms with Gasteiger partial charge in [0.05, 0.1) is 5.69 Å². The summed E-state index contributed by atoms with van der Waals surface area (Å²) in [6, 6.07) is 9.24. The highest BCUT2D eigenvalue weighted by Gasteiger charge is 2.00. The van der Waals surface area contributed by atoms with E-state index in [1.165, 1.54) is 0 Å². The molecule has 3 heteroatoms. The summed E-state index contributed by atoms with van der Waals surface area (Å²) in [7, 11) is 0. The van der Waals surface area contributed by atoms with Crippen LogP contribution in [0.15, 0.2) is 30.3 Å². The van der Waals surface area contributed by atoms with Crippen molar-refractivity contribution in [1.82, 2.24) is 4.98 Å². The Kier molecular flexibility index (Phi) is 3.06. The predicted molar refractivity (Wildman–Crippen MR) is 65.9 cm³/mol. The van der Waals surface area contributed by atoms with Gasteiger partial charge in [0.15, 0.2) is 0 Å². The summed E-state index contributed by atoms with van der Waals surface area (Å²) in [6.07, 6.45) is 1.60. The fourth-order valence-electron chi connectivity index (χ4n) is 1.36. The van der Waals surface area contributed by atoms with Gasteiger partial charge >= 0.3 is 0 Å². The van der Waals surface area contributed by atoms with Crippen LogP contribution in [0, 0.1) is 13.8 Å². The van der Waals surface area contributed by atoms with Gasteiger partial charge < -0.3 is 5.11 Å². The number of nitrogens with zero attached hydrogens (tertiary/aromatic N) is 1. The van der Waals surface area contributed by atoms with Crippen molar-refractivity contribution in [2.75, 3.05) is 0 Å². The van der Waals surface area contributed by atoms with Crippen molar-refractivity contribution in [3.8, 4) is 0 Å². The van der Waals surface area contributed by atoms with E-state index in [4.69, 9.17) is 0 Å². The Balaban J connectivity index is 2.31. The van der Waals surface area contributed by atoms with Crippen LogP contribution in [0.1, 0.15) is 21.1 Å². The van der Waals surface area contributed by atoms with Gasteiger partial charge in [-0.25, -0.2) is 4.98 Å². The number of rotatable bonds is 2. The zero-order valence-corrected chi connectivity index (χ0v) is 10.0. The predicted octanol–water partition coefficient (Wildman–Crippen LogP) is 2.62. The Morgan fingerprint density at radius 2 is 1.94 bits per heavy atom. The second kappa shape index (κ2) is 4.49. The van der Waals surface area contributed by atoms with Crippen LogP contribution < -0.4 is 5.11 Å². The normalized spacial score (nSPS) is 11.8. The maximum atomic E-state index is 11.8. The van der Waals surface area contributed by atoms with Gasteiger partial charge in [0.2, 0.25) is 0 Å². The van der Waals surface area contributed by atoms with Crippen LogP contribution in [0.2, 0.25) is 0 Å². The molecule has 2 rings (SSSR count). The number of hydrogen-bond donors (Lipinski definition) is 0. The van der Waals surface area contributed by atoms with E-state index in [0.717, 1.165) is 15.6 Å². The highest BCUT2D eigenvalue weighted by atomic mass is 32.1. The highest BCUT2D eigenvalue weighted by molar-refractivity contribution is 7.12. The molecule has 0 bridgehead atoms. The highest BCUT2D eigenvalue weighted by Crippen LogP contribution is 2.20. The first kappa shape index (κ1) is 10.9. The zero-order valence-electron chi connectivity index (χ0n) is 9.23. The van der Waals surface area contributed by atoms with Gasteiger partial charge in [-0.1, -0.05) is 36.1 Å². The topological polar surface area (TPSA) is 36.0 Å². The molecular weight excluding hydrogens is 218 g/mol. The van der Waals surface area contributed by atoms with Crippen LogP contribution in [-0.4, -0.2) is 4.98 Å². The van der Waals surface area contributed by atoms with Crippen molar-refractivity contribution in [2.24, 2.45) is 0 Å². The molecule has 0 unspecified atom stereocenters. The molecule has 82 valence electrons. The lowest BCUT2D eigenvalue weighted by Gasteiger charge is -2.10. The van der Waals surface area contributed by atoms with Crippen LogP contribution in [0.5, 0.6) is 0 Å². The molecule has 0 aliphatic rings. The van der Waals surface area contributed by atoms with E-state index in [-0.39, 0.29) is 5.76 Å². The van der Waals surface area contributed by atoms with E-state index in [0.29, 0.717) is 5.56 Å². The SMILES string of the molecule is Cc1nc(/C=C(\[O-])c2ccccc2)sc1C. The van der Waals surface area contributed by atoms with Crippen molar-refractivity contribution >= 4 is 23.2 Å². The minimum Gasteiger partial charge on any atom is -0.872 e. The lowest BCUT2D eigenvalue weighted by Crippen LogP contribution is -2.01. The molecule has 1 aromatic heterocycles. The second-order valence-corrected chi connectivity index (χ2v) is 4.80. The van der Waals surface area contributed by atoms with Gasteiger partial charge in [-0.2, -0.15) is 0 Å². The molecule has 0 aliphatic carbocycles. The number of benzene rings is 1. The summed E-state index contributed by atoms with van der Waals surface area (Å²) in [6.45, 7) is 3.97. The maximum absolute atomic E-state index is 11.8. The molecule has 1 aromatic carbocycles. The fraction of sp³-hybridized carbons (Fsp3) is 0.154. The summed E-state index contributed by atoms with van der Waals surface area (Å²) in [5.74, 6) is 0.00866. The fourth-order valence-corrected chi connectivity index (χ4v) is 2.21. The minimum atomic E-state index is 0.00866. The van der Waals surface area contributed by atoms with Crippen molar-refractivity contribution in [1.29, 1.82) is 0 Å². The van der Waals surface area contributed by atoms with Crippen LogP contribution >= 0.6 is 11.3 Å². The van der Waals surface area contributed by atoms with Crippen molar-refractivity contribution < 1.29 is 5.11 Å². The molecule has 0 radical (unpaired) electrons. The first-order valence-electron chi connectivity index (χ1n) is 5.05. The van der Waals surface area contributed by atoms with E-state index < -0.39 is 0 Å². The summed E-state index contributed by atoms with van der Waals surface area (Å²) >= 11 is 1.55. The lowest BCUT2D eigenvalue weighted by atomic mass is 10.2. The van der Waals surface area contributed by atoms with E-state index >= 15 is 0 Å². The van der Waals surface area contributed by atoms with Gasteiger partial charge in [-0.05, 0) is 25.5 Å². The Morgan fingerprint density at radius 1 is 1.25 bits per heavy atom. The van der Waals surface area contributed by atoms with Crippen molar-refractivity contribution in [3.05, 3.63) is 51.5 Å². The number of hydrogen-bond acceptors (Lipinski definition) is 3. The van der Waals surface area contributed by atoms with Crippen LogP contribution in [0.3, 0.4) is 0 Å². The van der Waals surface area contributed by atoms with Crippen LogP contribution in [0.25, 0.3) is 11.8 Å². The largest absolute Gasteiger partial charge is 0.872 e. The van der Waals surface area contributed by atoms with Crippen molar-refractivity contribution in [2.45, 2.75) is 13.8 Å². The Morgan fingerprint density at radius 3 is 2.50 bits per heavy atom. The lowest BCUT2D eigenvalue weighted by molar-refractivity contribution is -0.242. The zero-order chi connectivity index (χ0) is 11.5. The van der Waals surface area contributed by atoms with Gasteiger partial charge in [-0.15, -0.1) is 11.3 Å². The summed E-state index contributed by atoms with van der Waals surface area (Å²) in [4.78, 5) is 5.48. The molecule has 2 aromatic rings. The third-order valence-corrected chi connectivity index (χ3v) is 3.38. The van der Waals surface area contributed by atoms with Gasteiger partial charge in [-0.3, -0.25) is 0 Å². The molecule has 0 spiro atoms. The molecule has 1 heterocycles. The minimum absolute atomic E-state index is 0.00866. The Hall–Kier alpha value is -1.61. The second-order valence-electron chi connectivity index (χ2n) is 3.57. The summed E-state index contributed by atoms with van der Waals surface area (Å²) in [5.41, 5.74) is 1.70. The molecule has 0 saturated heterocycles. The first-order chi connectivity index (χ1) is 7.66. The molecular formula is C13H12NOS-. The smallest absolute Gasteiger partial charge is 0.115 e. The molecule has 0 atom stereocenters. The van der Waals surface area contributed by atoms with Crippen LogP contribution in [0.4, 0.5) is 0 Å². The maximum Gasteiger partial charge on any atom is 0.115 e.